The number of methoxy groups -OCH3 is 1. The summed E-state index contributed by atoms with van der Waals surface area (Å²) < 4.78 is 30.1. The van der Waals surface area contributed by atoms with Gasteiger partial charge in [-0.3, -0.25) is 0 Å². The van der Waals surface area contributed by atoms with Gasteiger partial charge in [0.2, 0.25) is 0 Å². The first-order chi connectivity index (χ1) is 17.8. The molecule has 222 valence electrons. The molecule has 0 amide bonds. The van der Waals surface area contributed by atoms with Crippen LogP contribution < -0.4 is 4.89 Å². The van der Waals surface area contributed by atoms with Gasteiger partial charge in [0, 0.05) is 32.7 Å². The molecule has 37 heavy (non-hydrogen) atoms. The molecule has 0 spiro atoms. The molecule has 1 fully saturated rings. The van der Waals surface area contributed by atoms with Crippen molar-refractivity contribution in [2.24, 2.45) is 0 Å². The fourth-order valence-electron chi connectivity index (χ4n) is 5.17. The van der Waals surface area contributed by atoms with Crippen LogP contribution in [0.4, 0.5) is 0 Å². The van der Waals surface area contributed by atoms with Gasteiger partial charge in [-0.25, -0.2) is 0 Å². The van der Waals surface area contributed by atoms with E-state index in [9.17, 15) is 9.46 Å². The Morgan fingerprint density at radius 3 is 1.73 bits per heavy atom. The lowest BCUT2D eigenvalue weighted by Gasteiger charge is -2.39. The molecule has 2 unspecified atom stereocenters. The lowest BCUT2D eigenvalue weighted by atomic mass is 10.0. The third kappa shape index (κ3) is 20.6. The number of piperidine rings is 1. The molecule has 0 N–H and O–H groups in total. The van der Waals surface area contributed by atoms with E-state index in [1.807, 2.05) is 0 Å². The predicted octanol–water partition coefficient (Wildman–Crippen LogP) is 7.48. The van der Waals surface area contributed by atoms with Crippen LogP contribution in [0, 0.1) is 0 Å². The third-order valence-corrected chi connectivity index (χ3v) is 9.35. The Labute approximate surface area is 230 Å². The highest BCUT2D eigenvalue weighted by atomic mass is 31.2. The van der Waals surface area contributed by atoms with Crippen LogP contribution in [-0.2, 0) is 18.6 Å². The summed E-state index contributed by atoms with van der Waals surface area (Å²) in [5, 5.41) is 0. The summed E-state index contributed by atoms with van der Waals surface area (Å²) in [6.07, 6.45) is 23.4. The number of ether oxygens (including phenoxy) is 2. The Morgan fingerprint density at radius 1 is 0.811 bits per heavy atom. The average Bonchev–Trinajstić information content (AvgIpc) is 2.86. The fourth-order valence-corrected chi connectivity index (χ4v) is 6.54. The smallest absolute Gasteiger partial charge is 0.135 e. The van der Waals surface area contributed by atoms with Gasteiger partial charge < -0.3 is 27.9 Å². The number of unbranched alkanes of at least 4 members (excludes halogenated alkanes) is 15. The molecule has 1 saturated heterocycles. The highest BCUT2D eigenvalue weighted by Gasteiger charge is 2.29. The monoisotopic (exact) mass is 547 g/mol. The van der Waals surface area contributed by atoms with Crippen molar-refractivity contribution in [1.29, 1.82) is 0 Å². The largest absolute Gasteiger partial charge is 0.778 e. The maximum Gasteiger partial charge on any atom is 0.135 e. The highest BCUT2D eigenvalue weighted by Crippen LogP contribution is 2.41. The lowest BCUT2D eigenvalue weighted by Crippen LogP contribution is -2.48. The van der Waals surface area contributed by atoms with E-state index in [0.717, 1.165) is 43.4 Å². The van der Waals surface area contributed by atoms with Crippen molar-refractivity contribution in [2.75, 3.05) is 53.7 Å². The minimum absolute atomic E-state index is 0.0165. The van der Waals surface area contributed by atoms with Crippen molar-refractivity contribution in [3.63, 3.8) is 0 Å². The van der Waals surface area contributed by atoms with Crippen LogP contribution in [0.5, 0.6) is 0 Å². The van der Waals surface area contributed by atoms with E-state index in [1.165, 1.54) is 96.3 Å². The second-order valence-electron chi connectivity index (χ2n) is 12.0. The van der Waals surface area contributed by atoms with Gasteiger partial charge in [0.05, 0.1) is 46.0 Å². The van der Waals surface area contributed by atoms with Crippen molar-refractivity contribution in [3.8, 4) is 0 Å². The SMILES string of the molecule is CCCCCCCCCCCCCCCCCCOCC(CCP(=O)([O-])OC1CC[N+](C)(C)CC1)OC. The Bertz CT molecular complexity index is 564. The molecule has 1 aliphatic heterocycles. The van der Waals surface area contributed by atoms with Crippen molar-refractivity contribution < 1.29 is 27.9 Å². The number of likely N-dealkylation sites (tertiary alicyclic amines) is 1. The molecule has 7 heteroatoms. The van der Waals surface area contributed by atoms with Gasteiger partial charge in [-0.2, -0.15) is 0 Å². The van der Waals surface area contributed by atoms with Gasteiger partial charge in [0.25, 0.3) is 0 Å². The van der Waals surface area contributed by atoms with E-state index in [2.05, 4.69) is 21.0 Å². The van der Waals surface area contributed by atoms with Gasteiger partial charge in [-0.05, 0) is 12.8 Å². The lowest BCUT2D eigenvalue weighted by molar-refractivity contribution is -0.896. The number of quaternary nitrogens is 1. The standard InChI is InChI=1S/C30H62NO5P/c1-5-6-7-8-9-10-11-12-13-14-15-16-17-18-19-20-26-35-28-30(34-4)23-27-37(32,33)36-29-21-24-31(2,3)25-22-29/h29-30H,5-28H2,1-4H3. The number of hydrogen-bond donors (Lipinski definition) is 0. The molecule has 0 bridgehead atoms. The van der Waals surface area contributed by atoms with E-state index in [4.69, 9.17) is 14.0 Å². The molecule has 0 aromatic heterocycles. The summed E-state index contributed by atoms with van der Waals surface area (Å²) in [6, 6.07) is 0. The molecule has 1 aliphatic rings. The summed E-state index contributed by atoms with van der Waals surface area (Å²) in [6.45, 7) is 5.37. The van der Waals surface area contributed by atoms with Crippen molar-refractivity contribution in [2.45, 2.75) is 141 Å². The third-order valence-electron chi connectivity index (χ3n) is 7.93. The van der Waals surface area contributed by atoms with Gasteiger partial charge in [0.1, 0.15) is 7.60 Å². The van der Waals surface area contributed by atoms with Crippen LogP contribution in [0.2, 0.25) is 0 Å². The van der Waals surface area contributed by atoms with E-state index < -0.39 is 7.60 Å². The Kier molecular flexibility index (Phi) is 20.7. The maximum absolute atomic E-state index is 12.4. The summed E-state index contributed by atoms with van der Waals surface area (Å²) in [5.41, 5.74) is 0. The number of nitrogens with zero attached hydrogens (tertiary/aromatic N) is 1. The second kappa shape index (κ2) is 21.8. The molecular weight excluding hydrogens is 485 g/mol. The van der Waals surface area contributed by atoms with E-state index in [-0.39, 0.29) is 18.4 Å². The van der Waals surface area contributed by atoms with Gasteiger partial charge in [-0.1, -0.05) is 103 Å². The maximum atomic E-state index is 12.4. The number of rotatable bonds is 25. The zero-order valence-electron chi connectivity index (χ0n) is 25.1. The van der Waals surface area contributed by atoms with Crippen LogP contribution >= 0.6 is 7.60 Å². The minimum atomic E-state index is -3.84. The fraction of sp³-hybridized carbons (Fsp3) is 1.00. The molecule has 0 aliphatic carbocycles. The molecule has 1 heterocycles. The summed E-state index contributed by atoms with van der Waals surface area (Å²) >= 11 is 0. The first kappa shape index (κ1) is 35.1. The summed E-state index contributed by atoms with van der Waals surface area (Å²) in [5.74, 6) is 0. The first-order valence-corrected chi connectivity index (χ1v) is 17.4. The quantitative estimate of drug-likeness (QED) is 0.0673. The second-order valence-corrected chi connectivity index (χ2v) is 13.9. The molecule has 0 aromatic rings. The minimum Gasteiger partial charge on any atom is -0.778 e. The van der Waals surface area contributed by atoms with Crippen molar-refractivity contribution in [1.82, 2.24) is 0 Å². The zero-order valence-corrected chi connectivity index (χ0v) is 26.0. The Hall–Kier alpha value is 0.0300. The Morgan fingerprint density at radius 2 is 1.27 bits per heavy atom. The van der Waals surface area contributed by atoms with Crippen LogP contribution in [0.15, 0.2) is 0 Å². The molecular formula is C30H62NO5P. The molecule has 0 radical (unpaired) electrons. The van der Waals surface area contributed by atoms with E-state index >= 15 is 0 Å². The highest BCUT2D eigenvalue weighted by molar-refractivity contribution is 7.51. The van der Waals surface area contributed by atoms with Crippen molar-refractivity contribution >= 4 is 7.60 Å². The van der Waals surface area contributed by atoms with Crippen LogP contribution in [0.3, 0.4) is 0 Å². The summed E-state index contributed by atoms with van der Waals surface area (Å²) in [4.78, 5) is 12.4. The zero-order chi connectivity index (χ0) is 27.2. The van der Waals surface area contributed by atoms with Gasteiger partial charge in [0.15, 0.2) is 0 Å². The molecule has 2 atom stereocenters. The molecule has 1 rings (SSSR count). The molecule has 0 aromatic carbocycles. The average molecular weight is 548 g/mol. The van der Waals surface area contributed by atoms with Gasteiger partial charge in [-0.15, -0.1) is 0 Å². The molecule has 0 saturated carbocycles. The normalized spacial score (nSPS) is 18.6. The number of hydrogen-bond acceptors (Lipinski definition) is 5. The van der Waals surface area contributed by atoms with E-state index in [0.29, 0.717) is 13.0 Å². The predicted molar refractivity (Wildman–Crippen MR) is 154 cm³/mol. The van der Waals surface area contributed by atoms with Crippen LogP contribution in [0.1, 0.15) is 129 Å². The van der Waals surface area contributed by atoms with Crippen LogP contribution in [0.25, 0.3) is 0 Å². The first-order valence-electron chi connectivity index (χ1n) is 15.7. The van der Waals surface area contributed by atoms with Crippen LogP contribution in [-0.4, -0.2) is 70.4 Å². The van der Waals surface area contributed by atoms with Gasteiger partial charge >= 0.3 is 0 Å². The van der Waals surface area contributed by atoms with Crippen molar-refractivity contribution in [3.05, 3.63) is 0 Å². The topological polar surface area (TPSA) is 67.8 Å². The van der Waals surface area contributed by atoms with E-state index in [1.54, 1.807) is 7.11 Å². The summed E-state index contributed by atoms with van der Waals surface area (Å²) in [7, 11) is 2.14. The Balaban J connectivity index is 1.91. The molecule has 6 nitrogen and oxygen atoms in total.